The molecule has 3 nitrogen and oxygen atoms in total. The maximum Gasteiger partial charge on any atom is 0.161 e. The maximum absolute atomic E-state index is 10.4. The van der Waals surface area contributed by atoms with Crippen LogP contribution in [0.5, 0.6) is 11.5 Å². The Labute approximate surface area is 123 Å². The molecule has 1 radical (unpaired) electrons. The number of phenols is 1. The maximum atomic E-state index is 10.4. The number of halogens is 1. The molecule has 0 spiro atoms. The fourth-order valence-electron chi connectivity index (χ4n) is 0.814. The Bertz CT molecular complexity index is 315. The van der Waals surface area contributed by atoms with E-state index in [1.807, 2.05) is 22.6 Å². The molecule has 0 aromatic heterocycles. The smallest absolute Gasteiger partial charge is 0.161 e. The van der Waals surface area contributed by atoms with Gasteiger partial charge in [-0.3, -0.25) is 4.79 Å². The van der Waals surface area contributed by atoms with Crippen LogP contribution in [-0.4, -0.2) is 18.5 Å². The van der Waals surface area contributed by atoms with Gasteiger partial charge in [-0.15, -0.1) is 0 Å². The van der Waals surface area contributed by atoms with Crippen molar-refractivity contribution < 1.29 is 55.9 Å². The van der Waals surface area contributed by atoms with E-state index in [4.69, 9.17) is 4.74 Å². The summed E-state index contributed by atoms with van der Waals surface area (Å²) in [6, 6.07) is 2.99. The first-order valence-corrected chi connectivity index (χ1v) is 4.28. The van der Waals surface area contributed by atoms with Crippen LogP contribution in [0.4, 0.5) is 0 Å². The predicted octanol–water partition coefficient (Wildman–Crippen LogP) is 1.82. The summed E-state index contributed by atoms with van der Waals surface area (Å²) in [6.07, 6.45) is 0.695. The molecule has 0 saturated carbocycles. The van der Waals surface area contributed by atoms with Gasteiger partial charge in [0, 0.05) is 50.4 Å². The third-order valence-corrected chi connectivity index (χ3v) is 2.36. The van der Waals surface area contributed by atoms with Crippen LogP contribution in [0.2, 0.25) is 0 Å². The quantitative estimate of drug-likeness (QED) is 0.588. The number of aldehydes is 1. The van der Waals surface area contributed by atoms with Crippen LogP contribution < -0.4 is 4.74 Å². The van der Waals surface area contributed by atoms with Crippen molar-refractivity contribution in [3.63, 3.8) is 0 Å². The molecule has 0 unspecified atom stereocenters. The molecule has 0 heterocycles. The minimum Gasteiger partial charge on any atom is -0.504 e. The Morgan fingerprint density at radius 1 is 1.54 bits per heavy atom. The number of carbonyl (C=O) groups excluding carboxylic acids is 1. The predicted molar refractivity (Wildman–Crippen MR) is 52.8 cm³/mol. The Hall–Kier alpha value is 0.584. The second-order valence-corrected chi connectivity index (χ2v) is 3.33. The summed E-state index contributed by atoms with van der Waals surface area (Å²) in [5.74, 6) is 0.366. The zero-order valence-electron chi connectivity index (χ0n) is 6.95. The van der Waals surface area contributed by atoms with Gasteiger partial charge >= 0.3 is 0 Å². The van der Waals surface area contributed by atoms with Crippen molar-refractivity contribution in [1.82, 2.24) is 0 Å². The molecule has 5 heteroatoms. The number of benzene rings is 1. The minimum atomic E-state index is -0.0139. The van der Waals surface area contributed by atoms with Gasteiger partial charge in [0.15, 0.2) is 17.8 Å². The number of methoxy groups -OCH3 is 1. The average molecular weight is 419 g/mol. The molecule has 1 rings (SSSR count). The van der Waals surface area contributed by atoms with E-state index < -0.39 is 0 Å². The molecule has 0 aliphatic heterocycles. The van der Waals surface area contributed by atoms with Crippen molar-refractivity contribution in [2.24, 2.45) is 0 Å². The summed E-state index contributed by atoms with van der Waals surface area (Å²) in [7, 11) is 1.46. The molecule has 0 fully saturated rings. The van der Waals surface area contributed by atoms with Crippen molar-refractivity contribution in [1.29, 1.82) is 0 Å². The van der Waals surface area contributed by atoms with Crippen LogP contribution in [0, 0.1) is 44.9 Å². The van der Waals surface area contributed by atoms with Gasteiger partial charge in [0.2, 0.25) is 0 Å². The van der Waals surface area contributed by atoms with Crippen molar-refractivity contribution in [2.45, 2.75) is 0 Å². The number of ether oxygens (including phenoxy) is 1. The van der Waals surface area contributed by atoms with Gasteiger partial charge in [0.1, 0.15) is 0 Å². The molecule has 0 aliphatic carbocycles. The number of hydrogen-bond donors (Lipinski definition) is 1. The topological polar surface area (TPSA) is 46.5 Å². The SMILES string of the molecule is COc1cc(I)c(C=O)cc1O.[Pr]. The zero-order chi connectivity index (χ0) is 9.14. The number of rotatable bonds is 2. The van der Waals surface area contributed by atoms with Crippen molar-refractivity contribution in [3.8, 4) is 11.5 Å². The van der Waals surface area contributed by atoms with E-state index in [0.717, 1.165) is 3.57 Å². The molecule has 0 bridgehead atoms. The van der Waals surface area contributed by atoms with E-state index >= 15 is 0 Å². The second kappa shape index (κ2) is 6.14. The molecule has 1 aromatic rings. The summed E-state index contributed by atoms with van der Waals surface area (Å²) >= 11 is 2.00. The van der Waals surface area contributed by atoms with Gasteiger partial charge in [0.05, 0.1) is 7.11 Å². The summed E-state index contributed by atoms with van der Waals surface area (Å²) in [5, 5.41) is 9.26. The van der Waals surface area contributed by atoms with Crippen LogP contribution in [-0.2, 0) is 0 Å². The van der Waals surface area contributed by atoms with Crippen molar-refractivity contribution in [3.05, 3.63) is 21.3 Å². The fourth-order valence-corrected chi connectivity index (χ4v) is 1.38. The molecule has 67 valence electrons. The monoisotopic (exact) mass is 419 g/mol. The number of aromatic hydroxyl groups is 1. The number of phenolic OH excluding ortho intramolecular Hbond substituents is 1. The first-order chi connectivity index (χ1) is 5.69. The van der Waals surface area contributed by atoms with Crippen molar-refractivity contribution >= 4 is 28.9 Å². The summed E-state index contributed by atoms with van der Waals surface area (Å²) < 4.78 is 5.62. The first-order valence-electron chi connectivity index (χ1n) is 3.20. The third kappa shape index (κ3) is 3.33. The molecular formula is C8H7IO3Pr. The van der Waals surface area contributed by atoms with E-state index in [0.29, 0.717) is 17.6 Å². The molecule has 1 N–H and O–H groups in total. The first kappa shape index (κ1) is 13.6. The second-order valence-electron chi connectivity index (χ2n) is 2.16. The van der Waals surface area contributed by atoms with Crippen LogP contribution in [0.25, 0.3) is 0 Å². The van der Waals surface area contributed by atoms with Crippen LogP contribution in [0.15, 0.2) is 12.1 Å². The molecule has 0 amide bonds. The standard InChI is InChI=1S/C8H7IO3.Pr/c1-12-8-3-6(9)5(4-10)2-7(8)11;/h2-4,11H,1H3;. The zero-order valence-corrected chi connectivity index (χ0v) is 12.8. The van der Waals surface area contributed by atoms with Gasteiger partial charge in [-0.1, -0.05) is 0 Å². The minimum absolute atomic E-state index is 0. The number of carbonyl (C=O) groups is 1. The van der Waals surface area contributed by atoms with Gasteiger partial charge in [-0.05, 0) is 34.7 Å². The molecular weight excluding hydrogens is 412 g/mol. The average Bonchev–Trinajstić information content (AvgIpc) is 2.08. The normalized spacial score (nSPS) is 8.77. The van der Waals surface area contributed by atoms with Crippen LogP contribution >= 0.6 is 22.6 Å². The summed E-state index contributed by atoms with van der Waals surface area (Å²) in [6.45, 7) is 0. The molecule has 1 aromatic carbocycles. The Morgan fingerprint density at radius 2 is 2.15 bits per heavy atom. The van der Waals surface area contributed by atoms with E-state index in [-0.39, 0.29) is 47.0 Å². The van der Waals surface area contributed by atoms with E-state index in [9.17, 15) is 9.90 Å². The Kier molecular flexibility index (Phi) is 6.42. The Morgan fingerprint density at radius 3 is 2.62 bits per heavy atom. The van der Waals surface area contributed by atoms with Crippen LogP contribution in [0.3, 0.4) is 0 Å². The van der Waals surface area contributed by atoms with E-state index in [2.05, 4.69) is 0 Å². The van der Waals surface area contributed by atoms with Crippen LogP contribution in [0.1, 0.15) is 10.4 Å². The third-order valence-electron chi connectivity index (χ3n) is 1.43. The van der Waals surface area contributed by atoms with Crippen molar-refractivity contribution in [2.75, 3.05) is 7.11 Å². The largest absolute Gasteiger partial charge is 0.504 e. The summed E-state index contributed by atoms with van der Waals surface area (Å²) in [4.78, 5) is 10.4. The molecule has 0 atom stereocenters. The van der Waals surface area contributed by atoms with E-state index in [1.165, 1.54) is 13.2 Å². The van der Waals surface area contributed by atoms with E-state index in [1.54, 1.807) is 6.07 Å². The van der Waals surface area contributed by atoms with Gasteiger partial charge in [-0.25, -0.2) is 0 Å². The summed E-state index contributed by atoms with van der Waals surface area (Å²) in [5.41, 5.74) is 0.467. The molecule has 0 aliphatic rings. The van der Waals surface area contributed by atoms with Gasteiger partial charge < -0.3 is 9.84 Å². The molecule has 0 saturated heterocycles. The number of hydrogen-bond acceptors (Lipinski definition) is 3. The Balaban J connectivity index is 0.00000144. The molecule has 13 heavy (non-hydrogen) atoms. The fraction of sp³-hybridized carbons (Fsp3) is 0.125. The van der Waals surface area contributed by atoms with Gasteiger partial charge in [-0.2, -0.15) is 0 Å². The van der Waals surface area contributed by atoms with Gasteiger partial charge in [0.25, 0.3) is 0 Å².